The zero-order valence-corrected chi connectivity index (χ0v) is 13.1. The van der Waals surface area contributed by atoms with E-state index in [1.165, 1.54) is 18.3 Å². The first-order valence-electron chi connectivity index (χ1n) is 6.05. The molecule has 21 heavy (non-hydrogen) atoms. The molecule has 0 saturated heterocycles. The molecule has 1 aromatic rings. The van der Waals surface area contributed by atoms with Crippen LogP contribution in [-0.4, -0.2) is 50.7 Å². The molecule has 1 rings (SSSR count). The van der Waals surface area contributed by atoms with E-state index in [2.05, 4.69) is 15.3 Å². The molecule has 0 radical (unpaired) electrons. The zero-order valence-electron chi connectivity index (χ0n) is 11.4. The zero-order chi connectivity index (χ0) is 15.7. The second-order valence-corrected chi connectivity index (χ2v) is 6.29. The molecule has 0 spiro atoms. The molecule has 0 aliphatic rings. The summed E-state index contributed by atoms with van der Waals surface area (Å²) in [5, 5.41) is 12.7. The van der Waals surface area contributed by atoms with Gasteiger partial charge in [-0.15, -0.1) is 11.8 Å². The van der Waals surface area contributed by atoms with E-state index in [1.807, 2.05) is 6.26 Å². The van der Waals surface area contributed by atoms with Crippen molar-refractivity contribution in [2.75, 3.05) is 23.7 Å². The number of thioether (sulfide) groups is 2. The number of aliphatic hydroxyl groups excluding tert-OH is 1. The third-order valence-electron chi connectivity index (χ3n) is 2.35. The predicted molar refractivity (Wildman–Crippen MR) is 86.6 cm³/mol. The standard InChI is InChI=1S/C12H17N3O4S2/c1-20-7-21-6-9(5-16)14-10(17)3-2-8-4-13-12(19)15-11(8)18/h2-4,9,16H,5-7H2,1H3,(H,14,17)(H2,13,15,18,19). The second-order valence-electron chi connectivity index (χ2n) is 4.03. The maximum absolute atomic E-state index is 11.7. The number of nitrogens with one attached hydrogen (secondary N) is 3. The Morgan fingerprint density at radius 1 is 1.52 bits per heavy atom. The number of H-pyrrole nitrogens is 2. The first-order chi connectivity index (χ1) is 10.1. The number of hydrogen-bond acceptors (Lipinski definition) is 6. The van der Waals surface area contributed by atoms with Crippen molar-refractivity contribution >= 4 is 35.5 Å². The Morgan fingerprint density at radius 3 is 2.90 bits per heavy atom. The van der Waals surface area contributed by atoms with Gasteiger partial charge in [-0.1, -0.05) is 0 Å². The number of amides is 1. The van der Waals surface area contributed by atoms with Crippen LogP contribution >= 0.6 is 23.5 Å². The lowest BCUT2D eigenvalue weighted by Gasteiger charge is -2.14. The minimum Gasteiger partial charge on any atom is -0.394 e. The number of aliphatic hydroxyl groups is 1. The van der Waals surface area contributed by atoms with Gasteiger partial charge in [0.05, 0.1) is 18.2 Å². The molecule has 9 heteroatoms. The van der Waals surface area contributed by atoms with Gasteiger partial charge < -0.3 is 15.4 Å². The molecule has 1 aromatic heterocycles. The van der Waals surface area contributed by atoms with Gasteiger partial charge in [0.2, 0.25) is 5.91 Å². The van der Waals surface area contributed by atoms with Crippen LogP contribution in [0.2, 0.25) is 0 Å². The van der Waals surface area contributed by atoms with E-state index >= 15 is 0 Å². The van der Waals surface area contributed by atoms with E-state index in [1.54, 1.807) is 23.5 Å². The quantitative estimate of drug-likeness (QED) is 0.293. The van der Waals surface area contributed by atoms with Crippen molar-refractivity contribution in [2.45, 2.75) is 6.04 Å². The van der Waals surface area contributed by atoms with E-state index in [4.69, 9.17) is 0 Å². The Hall–Kier alpha value is -1.45. The lowest BCUT2D eigenvalue weighted by molar-refractivity contribution is -0.117. The SMILES string of the molecule is CSCSCC(CO)NC(=O)C=Cc1c[nH]c(=O)[nH]c1=O. The Labute approximate surface area is 129 Å². The molecule has 7 nitrogen and oxygen atoms in total. The van der Waals surface area contributed by atoms with Crippen molar-refractivity contribution < 1.29 is 9.90 Å². The molecule has 1 heterocycles. The number of hydrogen-bond donors (Lipinski definition) is 4. The van der Waals surface area contributed by atoms with Gasteiger partial charge in [0.25, 0.3) is 5.56 Å². The van der Waals surface area contributed by atoms with Gasteiger partial charge in [0, 0.05) is 23.1 Å². The summed E-state index contributed by atoms with van der Waals surface area (Å²) in [7, 11) is 0. The van der Waals surface area contributed by atoms with Gasteiger partial charge in [-0.3, -0.25) is 14.6 Å². The van der Waals surface area contributed by atoms with Gasteiger partial charge in [-0.25, -0.2) is 4.79 Å². The summed E-state index contributed by atoms with van der Waals surface area (Å²) in [5.74, 6) is 0.195. The number of carbonyl (C=O) groups excluding carboxylic acids is 1. The third-order valence-corrected chi connectivity index (χ3v) is 4.60. The second kappa shape index (κ2) is 9.48. The lowest BCUT2D eigenvalue weighted by Crippen LogP contribution is -2.38. The van der Waals surface area contributed by atoms with Crippen molar-refractivity contribution in [1.82, 2.24) is 15.3 Å². The first kappa shape index (κ1) is 17.6. The van der Waals surface area contributed by atoms with E-state index in [9.17, 15) is 19.5 Å². The van der Waals surface area contributed by atoms with Gasteiger partial charge in [-0.05, 0) is 12.3 Å². The highest BCUT2D eigenvalue weighted by Gasteiger charge is 2.09. The Balaban J connectivity index is 2.57. The fourth-order valence-electron chi connectivity index (χ4n) is 1.37. The van der Waals surface area contributed by atoms with Gasteiger partial charge in [0.1, 0.15) is 0 Å². The van der Waals surface area contributed by atoms with Crippen LogP contribution in [0.15, 0.2) is 21.9 Å². The number of carbonyl (C=O) groups is 1. The predicted octanol–water partition coefficient (Wildman–Crippen LogP) is -0.393. The summed E-state index contributed by atoms with van der Waals surface area (Å²) in [6.07, 6.45) is 5.69. The average Bonchev–Trinajstić information content (AvgIpc) is 2.45. The molecule has 1 unspecified atom stereocenters. The van der Waals surface area contributed by atoms with Gasteiger partial charge in [-0.2, -0.15) is 11.8 Å². The molecule has 4 N–H and O–H groups in total. The fraction of sp³-hybridized carbons (Fsp3) is 0.417. The van der Waals surface area contributed by atoms with Crippen LogP contribution in [0.25, 0.3) is 6.08 Å². The van der Waals surface area contributed by atoms with Crippen molar-refractivity contribution in [3.63, 3.8) is 0 Å². The molecular formula is C12H17N3O4S2. The highest BCUT2D eigenvalue weighted by atomic mass is 32.2. The first-order valence-corrected chi connectivity index (χ1v) is 8.59. The van der Waals surface area contributed by atoms with Crippen LogP contribution in [0, 0.1) is 0 Å². The number of rotatable bonds is 8. The topological polar surface area (TPSA) is 115 Å². The normalized spacial score (nSPS) is 12.5. The smallest absolute Gasteiger partial charge is 0.325 e. The van der Waals surface area contributed by atoms with E-state index in [-0.39, 0.29) is 18.2 Å². The average molecular weight is 331 g/mol. The minimum absolute atomic E-state index is 0.153. The molecule has 1 atom stereocenters. The summed E-state index contributed by atoms with van der Waals surface area (Å²) in [6.45, 7) is -0.153. The largest absolute Gasteiger partial charge is 0.394 e. The van der Waals surface area contributed by atoms with Crippen LogP contribution < -0.4 is 16.6 Å². The highest BCUT2D eigenvalue weighted by Crippen LogP contribution is 2.09. The fourth-order valence-corrected chi connectivity index (χ4v) is 2.90. The summed E-state index contributed by atoms with van der Waals surface area (Å²) in [5.41, 5.74) is -1.01. The Morgan fingerprint density at radius 2 is 2.29 bits per heavy atom. The molecule has 0 bridgehead atoms. The van der Waals surface area contributed by atoms with Crippen LogP contribution in [0.4, 0.5) is 0 Å². The van der Waals surface area contributed by atoms with Gasteiger partial charge >= 0.3 is 5.69 Å². The number of aromatic nitrogens is 2. The Kier molecular flexibility index (Phi) is 7.95. The number of aromatic amines is 2. The summed E-state index contributed by atoms with van der Waals surface area (Å²) in [6, 6.07) is -0.340. The maximum atomic E-state index is 11.7. The summed E-state index contributed by atoms with van der Waals surface area (Å²) < 4.78 is 0. The molecule has 0 aromatic carbocycles. The summed E-state index contributed by atoms with van der Waals surface area (Å²) >= 11 is 3.29. The summed E-state index contributed by atoms with van der Waals surface area (Å²) in [4.78, 5) is 38.3. The van der Waals surface area contributed by atoms with Crippen LogP contribution in [0.5, 0.6) is 0 Å². The van der Waals surface area contributed by atoms with Crippen LogP contribution in [0.3, 0.4) is 0 Å². The van der Waals surface area contributed by atoms with E-state index in [0.717, 1.165) is 5.08 Å². The van der Waals surface area contributed by atoms with E-state index in [0.29, 0.717) is 5.75 Å². The molecule has 0 aliphatic heterocycles. The monoisotopic (exact) mass is 331 g/mol. The van der Waals surface area contributed by atoms with Crippen molar-refractivity contribution in [3.8, 4) is 0 Å². The Bertz CT molecular complexity index is 597. The molecule has 116 valence electrons. The van der Waals surface area contributed by atoms with Gasteiger partial charge in [0.15, 0.2) is 0 Å². The lowest BCUT2D eigenvalue weighted by atomic mass is 10.3. The van der Waals surface area contributed by atoms with Crippen molar-refractivity contribution in [3.05, 3.63) is 38.7 Å². The van der Waals surface area contributed by atoms with Crippen LogP contribution in [-0.2, 0) is 4.79 Å². The van der Waals surface area contributed by atoms with Crippen molar-refractivity contribution in [2.24, 2.45) is 0 Å². The molecule has 0 fully saturated rings. The molecule has 1 amide bonds. The molecular weight excluding hydrogens is 314 g/mol. The third kappa shape index (κ3) is 6.69. The van der Waals surface area contributed by atoms with E-state index < -0.39 is 17.2 Å². The molecule has 0 saturated carbocycles. The maximum Gasteiger partial charge on any atom is 0.325 e. The highest BCUT2D eigenvalue weighted by molar-refractivity contribution is 8.15. The van der Waals surface area contributed by atoms with Crippen LogP contribution in [0.1, 0.15) is 5.56 Å². The molecule has 0 aliphatic carbocycles. The minimum atomic E-state index is -0.604. The van der Waals surface area contributed by atoms with Crippen molar-refractivity contribution in [1.29, 1.82) is 0 Å².